The van der Waals surface area contributed by atoms with Crippen LogP contribution in [0, 0.1) is 12.3 Å². The molecule has 4 heteroatoms. The third-order valence-electron chi connectivity index (χ3n) is 2.97. The van der Waals surface area contributed by atoms with Crippen LogP contribution in [0.25, 0.3) is 0 Å². The Labute approximate surface area is 112 Å². The molecule has 0 heterocycles. The number of terminal acetylenes is 1. The zero-order valence-corrected chi connectivity index (χ0v) is 11.1. The Kier molecular flexibility index (Phi) is 5.44. The molecule has 0 saturated heterocycles. The summed E-state index contributed by atoms with van der Waals surface area (Å²) < 4.78 is 37.3. The van der Waals surface area contributed by atoms with Gasteiger partial charge in [-0.15, -0.1) is 6.42 Å². The van der Waals surface area contributed by atoms with Crippen molar-refractivity contribution < 1.29 is 13.2 Å². The molecular weight excluding hydrogens is 251 g/mol. The summed E-state index contributed by atoms with van der Waals surface area (Å²) in [5.74, 6) is 2.65. The van der Waals surface area contributed by atoms with E-state index in [2.05, 4.69) is 11.2 Å². The predicted octanol–water partition coefficient (Wildman–Crippen LogP) is 4.16. The van der Waals surface area contributed by atoms with Crippen molar-refractivity contribution in [1.82, 2.24) is 5.32 Å². The molecule has 0 aliphatic heterocycles. The van der Waals surface area contributed by atoms with E-state index in [4.69, 9.17) is 6.42 Å². The maximum Gasteiger partial charge on any atom is 0.416 e. The molecule has 0 aliphatic carbocycles. The van der Waals surface area contributed by atoms with Crippen LogP contribution in [-0.4, -0.2) is 6.04 Å². The van der Waals surface area contributed by atoms with E-state index in [1.54, 1.807) is 0 Å². The van der Waals surface area contributed by atoms with Gasteiger partial charge in [0.1, 0.15) is 0 Å². The minimum Gasteiger partial charge on any atom is -0.297 e. The second kappa shape index (κ2) is 6.63. The second-order valence-electron chi connectivity index (χ2n) is 4.52. The number of benzene rings is 1. The lowest BCUT2D eigenvalue weighted by Gasteiger charge is -2.19. The maximum atomic E-state index is 12.4. The van der Waals surface area contributed by atoms with Crippen molar-refractivity contribution in [1.29, 1.82) is 0 Å². The number of alkyl halides is 3. The fraction of sp³-hybridized carbons (Fsp3) is 0.467. The van der Waals surface area contributed by atoms with Crippen LogP contribution in [0.4, 0.5) is 13.2 Å². The van der Waals surface area contributed by atoms with Gasteiger partial charge in [-0.1, -0.05) is 31.4 Å². The standard InChI is InChI=1S/C15H18F3N/c1-4-6-14(5-2)19-11(3)12-7-9-13(10-8-12)15(16,17)18/h2,7-11,14,19H,4,6H2,1,3H3. The molecule has 1 aromatic rings. The first-order valence-corrected chi connectivity index (χ1v) is 6.27. The van der Waals surface area contributed by atoms with Crippen LogP contribution in [0.5, 0.6) is 0 Å². The summed E-state index contributed by atoms with van der Waals surface area (Å²) in [7, 11) is 0. The molecule has 0 aliphatic rings. The van der Waals surface area contributed by atoms with Gasteiger partial charge in [-0.3, -0.25) is 5.32 Å². The van der Waals surface area contributed by atoms with E-state index < -0.39 is 11.7 Å². The highest BCUT2D eigenvalue weighted by Gasteiger charge is 2.30. The van der Waals surface area contributed by atoms with Crippen LogP contribution >= 0.6 is 0 Å². The Hall–Kier alpha value is -1.47. The fourth-order valence-electron chi connectivity index (χ4n) is 1.86. The van der Waals surface area contributed by atoms with Gasteiger partial charge in [0.15, 0.2) is 0 Å². The first-order valence-electron chi connectivity index (χ1n) is 6.27. The van der Waals surface area contributed by atoms with Crippen molar-refractivity contribution in [2.24, 2.45) is 0 Å². The van der Waals surface area contributed by atoms with Crippen LogP contribution in [0.2, 0.25) is 0 Å². The van der Waals surface area contributed by atoms with Gasteiger partial charge >= 0.3 is 6.18 Å². The van der Waals surface area contributed by atoms with E-state index in [-0.39, 0.29) is 12.1 Å². The maximum absolute atomic E-state index is 12.4. The van der Waals surface area contributed by atoms with Gasteiger partial charge in [0.2, 0.25) is 0 Å². The summed E-state index contributed by atoms with van der Waals surface area (Å²) in [6.45, 7) is 3.93. The lowest BCUT2D eigenvalue weighted by Crippen LogP contribution is -2.30. The molecule has 0 aromatic heterocycles. The lowest BCUT2D eigenvalue weighted by molar-refractivity contribution is -0.137. The smallest absolute Gasteiger partial charge is 0.297 e. The third kappa shape index (κ3) is 4.60. The largest absolute Gasteiger partial charge is 0.416 e. The van der Waals surface area contributed by atoms with Crippen LogP contribution in [0.3, 0.4) is 0 Å². The van der Waals surface area contributed by atoms with Crippen molar-refractivity contribution in [2.75, 3.05) is 0 Å². The van der Waals surface area contributed by atoms with Gasteiger partial charge in [0.25, 0.3) is 0 Å². The van der Waals surface area contributed by atoms with E-state index in [0.29, 0.717) is 0 Å². The minimum absolute atomic E-state index is 0.0534. The van der Waals surface area contributed by atoms with Crippen LogP contribution in [-0.2, 0) is 6.18 Å². The Morgan fingerprint density at radius 1 is 1.26 bits per heavy atom. The second-order valence-corrected chi connectivity index (χ2v) is 4.52. The summed E-state index contributed by atoms with van der Waals surface area (Å²) in [6, 6.07) is 5.04. The molecule has 1 nitrogen and oxygen atoms in total. The summed E-state index contributed by atoms with van der Waals surface area (Å²) >= 11 is 0. The highest BCUT2D eigenvalue weighted by molar-refractivity contribution is 5.26. The van der Waals surface area contributed by atoms with Crippen molar-refractivity contribution in [3.63, 3.8) is 0 Å². The Morgan fingerprint density at radius 2 is 1.84 bits per heavy atom. The molecule has 0 spiro atoms. The summed E-state index contributed by atoms with van der Waals surface area (Å²) in [5.41, 5.74) is 0.162. The van der Waals surface area contributed by atoms with Crippen LogP contribution < -0.4 is 5.32 Å². The molecule has 0 fully saturated rings. The average Bonchev–Trinajstić information content (AvgIpc) is 2.37. The highest BCUT2D eigenvalue weighted by Crippen LogP contribution is 2.29. The zero-order valence-electron chi connectivity index (χ0n) is 11.1. The van der Waals surface area contributed by atoms with Gasteiger partial charge in [0.05, 0.1) is 11.6 Å². The molecule has 1 aromatic carbocycles. The summed E-state index contributed by atoms with van der Waals surface area (Å²) in [5, 5.41) is 3.22. The zero-order chi connectivity index (χ0) is 14.5. The average molecular weight is 269 g/mol. The highest BCUT2D eigenvalue weighted by atomic mass is 19.4. The molecule has 1 rings (SSSR count). The molecule has 1 N–H and O–H groups in total. The van der Waals surface area contributed by atoms with Gasteiger partial charge in [-0.2, -0.15) is 13.2 Å². The van der Waals surface area contributed by atoms with Gasteiger partial charge in [-0.25, -0.2) is 0 Å². The number of halogens is 3. The van der Waals surface area contributed by atoms with Crippen LogP contribution in [0.1, 0.15) is 43.9 Å². The molecule has 19 heavy (non-hydrogen) atoms. The SMILES string of the molecule is C#CC(CCC)NC(C)c1ccc(C(F)(F)F)cc1. The quantitative estimate of drug-likeness (QED) is 0.791. The molecule has 0 saturated carbocycles. The Morgan fingerprint density at radius 3 is 2.26 bits per heavy atom. The van der Waals surface area contributed by atoms with Gasteiger partial charge < -0.3 is 0 Å². The number of nitrogens with one attached hydrogen (secondary N) is 1. The van der Waals surface area contributed by atoms with Crippen LogP contribution in [0.15, 0.2) is 24.3 Å². The minimum atomic E-state index is -4.29. The number of hydrogen-bond donors (Lipinski definition) is 1. The van der Waals surface area contributed by atoms with Gasteiger partial charge in [-0.05, 0) is 31.0 Å². The normalized spacial score (nSPS) is 14.7. The molecular formula is C15H18F3N. The summed E-state index contributed by atoms with van der Waals surface area (Å²) in [4.78, 5) is 0. The molecule has 2 unspecified atom stereocenters. The Balaban J connectivity index is 2.73. The monoisotopic (exact) mass is 269 g/mol. The van der Waals surface area contributed by atoms with Crippen molar-refractivity contribution in [3.8, 4) is 12.3 Å². The van der Waals surface area contributed by atoms with Crippen molar-refractivity contribution in [2.45, 2.75) is 44.9 Å². The summed E-state index contributed by atoms with van der Waals surface area (Å²) in [6.07, 6.45) is 2.92. The molecule has 104 valence electrons. The topological polar surface area (TPSA) is 12.0 Å². The number of rotatable bonds is 5. The van der Waals surface area contributed by atoms with E-state index in [9.17, 15) is 13.2 Å². The predicted molar refractivity (Wildman–Crippen MR) is 70.5 cm³/mol. The van der Waals surface area contributed by atoms with E-state index in [1.165, 1.54) is 12.1 Å². The Bertz CT molecular complexity index is 428. The van der Waals surface area contributed by atoms with Gasteiger partial charge in [0, 0.05) is 6.04 Å². The molecule has 2 atom stereocenters. The van der Waals surface area contributed by atoms with Crippen molar-refractivity contribution >= 4 is 0 Å². The first kappa shape index (κ1) is 15.6. The third-order valence-corrected chi connectivity index (χ3v) is 2.97. The molecule has 0 amide bonds. The fourth-order valence-corrected chi connectivity index (χ4v) is 1.86. The lowest BCUT2D eigenvalue weighted by atomic mass is 10.0. The molecule has 0 bridgehead atoms. The number of hydrogen-bond acceptors (Lipinski definition) is 1. The van der Waals surface area contributed by atoms with Crippen molar-refractivity contribution in [3.05, 3.63) is 35.4 Å². The first-order chi connectivity index (χ1) is 8.88. The van der Waals surface area contributed by atoms with E-state index in [0.717, 1.165) is 30.5 Å². The van der Waals surface area contributed by atoms with E-state index >= 15 is 0 Å². The van der Waals surface area contributed by atoms with E-state index in [1.807, 2.05) is 13.8 Å². The molecule has 0 radical (unpaired) electrons.